The van der Waals surface area contributed by atoms with Crippen LogP contribution in [0.1, 0.15) is 44.6 Å². The van der Waals surface area contributed by atoms with Crippen LogP contribution in [-0.4, -0.2) is 25.8 Å². The fourth-order valence-corrected chi connectivity index (χ4v) is 1.81. The van der Waals surface area contributed by atoms with Crippen LogP contribution in [0.15, 0.2) is 24.3 Å². The zero-order chi connectivity index (χ0) is 14.8. The van der Waals surface area contributed by atoms with Crippen molar-refractivity contribution in [3.8, 4) is 0 Å². The summed E-state index contributed by atoms with van der Waals surface area (Å²) in [6.45, 7) is 5.65. The fourth-order valence-electron chi connectivity index (χ4n) is 1.81. The van der Waals surface area contributed by atoms with Gasteiger partial charge in [0.25, 0.3) is 0 Å². The molecule has 0 amide bonds. The highest BCUT2D eigenvalue weighted by molar-refractivity contribution is 5.70. The van der Waals surface area contributed by atoms with Gasteiger partial charge in [-0.05, 0) is 30.0 Å². The number of nitrogens with two attached hydrogens (primary N) is 1. The van der Waals surface area contributed by atoms with Gasteiger partial charge in [0.05, 0.1) is 13.0 Å². The minimum Gasteiger partial charge on any atom is -0.463 e. The van der Waals surface area contributed by atoms with Crippen molar-refractivity contribution in [2.45, 2.75) is 39.0 Å². The molecule has 1 unspecified atom stereocenters. The van der Waals surface area contributed by atoms with Crippen molar-refractivity contribution >= 4 is 11.7 Å². The van der Waals surface area contributed by atoms with E-state index in [1.54, 1.807) is 0 Å². The molecule has 0 aliphatic carbocycles. The summed E-state index contributed by atoms with van der Waals surface area (Å²) in [7, 11) is 0. The number of rotatable bonds is 9. The summed E-state index contributed by atoms with van der Waals surface area (Å²) in [6, 6.07) is 7.58. The maximum Gasteiger partial charge on any atom is 0.306 e. The third-order valence-electron chi connectivity index (χ3n) is 3.11. The second kappa shape index (κ2) is 9.37. The third-order valence-corrected chi connectivity index (χ3v) is 3.11. The van der Waals surface area contributed by atoms with E-state index in [1.807, 2.05) is 31.2 Å². The average molecular weight is 279 g/mol. The van der Waals surface area contributed by atoms with E-state index in [0.717, 1.165) is 30.7 Å². The molecule has 1 aromatic rings. The maximum absolute atomic E-state index is 11.7. The summed E-state index contributed by atoms with van der Waals surface area (Å²) in [6.07, 6.45) is 2.53. The molecule has 0 saturated heterocycles. The Morgan fingerprint density at radius 3 is 2.55 bits per heavy atom. The first-order valence-electron chi connectivity index (χ1n) is 7.22. The molecule has 0 radical (unpaired) electrons. The molecule has 112 valence electrons. The molecule has 0 spiro atoms. The Morgan fingerprint density at radius 2 is 1.90 bits per heavy atom. The van der Waals surface area contributed by atoms with Crippen LogP contribution in [0.3, 0.4) is 0 Å². The van der Waals surface area contributed by atoms with Crippen LogP contribution in [0.2, 0.25) is 0 Å². The Labute approximate surface area is 121 Å². The van der Waals surface area contributed by atoms with E-state index in [4.69, 9.17) is 15.2 Å². The van der Waals surface area contributed by atoms with Gasteiger partial charge >= 0.3 is 5.97 Å². The molecule has 4 nitrogen and oxygen atoms in total. The molecular weight excluding hydrogens is 254 g/mol. The molecule has 0 saturated carbocycles. The van der Waals surface area contributed by atoms with Crippen LogP contribution in [0, 0.1) is 0 Å². The summed E-state index contributed by atoms with van der Waals surface area (Å²) in [5, 5.41) is 0. The maximum atomic E-state index is 11.7. The van der Waals surface area contributed by atoms with Gasteiger partial charge in [0.1, 0.15) is 6.61 Å². The Balaban J connectivity index is 2.19. The number of carbonyl (C=O) groups is 1. The second-order valence-electron chi connectivity index (χ2n) is 4.96. The summed E-state index contributed by atoms with van der Waals surface area (Å²) >= 11 is 0. The van der Waals surface area contributed by atoms with Crippen LogP contribution in [0.5, 0.6) is 0 Å². The molecule has 0 heterocycles. The molecule has 4 heteroatoms. The third kappa shape index (κ3) is 6.57. The first-order chi connectivity index (χ1) is 9.63. The predicted octanol–water partition coefficient (Wildman–Crippen LogP) is 3.12. The van der Waals surface area contributed by atoms with E-state index in [9.17, 15) is 4.79 Å². The summed E-state index contributed by atoms with van der Waals surface area (Å²) in [4.78, 5) is 11.7. The second-order valence-corrected chi connectivity index (χ2v) is 4.96. The quantitative estimate of drug-likeness (QED) is 0.428. The minimum atomic E-state index is -0.187. The van der Waals surface area contributed by atoms with Crippen molar-refractivity contribution < 1.29 is 14.3 Å². The lowest BCUT2D eigenvalue weighted by Crippen LogP contribution is -2.13. The topological polar surface area (TPSA) is 61.5 Å². The first kappa shape index (κ1) is 16.5. The summed E-state index contributed by atoms with van der Waals surface area (Å²) in [5.41, 5.74) is 7.46. The highest BCUT2D eigenvalue weighted by atomic mass is 16.6. The Hall–Kier alpha value is -1.55. The number of benzene rings is 1. The van der Waals surface area contributed by atoms with Gasteiger partial charge in [-0.3, -0.25) is 4.79 Å². The van der Waals surface area contributed by atoms with E-state index >= 15 is 0 Å². The number of ether oxygens (including phenoxy) is 2. The zero-order valence-corrected chi connectivity index (χ0v) is 12.4. The van der Waals surface area contributed by atoms with Crippen LogP contribution >= 0.6 is 0 Å². The fraction of sp³-hybridized carbons (Fsp3) is 0.562. The summed E-state index contributed by atoms with van der Waals surface area (Å²) < 4.78 is 10.5. The van der Waals surface area contributed by atoms with Crippen molar-refractivity contribution in [2.75, 3.05) is 25.6 Å². The highest BCUT2D eigenvalue weighted by Gasteiger charge is 2.12. The lowest BCUT2D eigenvalue weighted by molar-refractivity contribution is -0.145. The van der Waals surface area contributed by atoms with Crippen LogP contribution in [0.25, 0.3) is 0 Å². The van der Waals surface area contributed by atoms with Crippen molar-refractivity contribution in [3.05, 3.63) is 29.8 Å². The van der Waals surface area contributed by atoms with Crippen LogP contribution in [-0.2, 0) is 14.3 Å². The largest absolute Gasteiger partial charge is 0.463 e. The molecule has 20 heavy (non-hydrogen) atoms. The van der Waals surface area contributed by atoms with Crippen molar-refractivity contribution in [3.63, 3.8) is 0 Å². The van der Waals surface area contributed by atoms with Gasteiger partial charge in [-0.15, -0.1) is 0 Å². The monoisotopic (exact) mass is 279 g/mol. The average Bonchev–Trinajstić information content (AvgIpc) is 2.43. The van der Waals surface area contributed by atoms with Gasteiger partial charge < -0.3 is 15.2 Å². The number of unbranched alkanes of at least 4 members (excludes halogenated alkanes) is 1. The minimum absolute atomic E-state index is 0.129. The Kier molecular flexibility index (Phi) is 7.73. The van der Waals surface area contributed by atoms with Crippen molar-refractivity contribution in [1.29, 1.82) is 0 Å². The number of carbonyl (C=O) groups excluding carboxylic acids is 1. The molecule has 0 aromatic heterocycles. The molecule has 1 aromatic carbocycles. The predicted molar refractivity (Wildman–Crippen MR) is 80.6 cm³/mol. The lowest BCUT2D eigenvalue weighted by Gasteiger charge is -2.12. The van der Waals surface area contributed by atoms with Gasteiger partial charge in [0.15, 0.2) is 0 Å². The van der Waals surface area contributed by atoms with Gasteiger partial charge in [-0.2, -0.15) is 0 Å². The molecule has 0 bridgehead atoms. The van der Waals surface area contributed by atoms with Gasteiger partial charge in [-0.1, -0.05) is 32.4 Å². The molecular formula is C16H25NO3. The Morgan fingerprint density at radius 1 is 1.20 bits per heavy atom. The van der Waals surface area contributed by atoms with Crippen molar-refractivity contribution in [1.82, 2.24) is 0 Å². The van der Waals surface area contributed by atoms with Crippen molar-refractivity contribution in [2.24, 2.45) is 0 Å². The first-order valence-corrected chi connectivity index (χ1v) is 7.22. The van der Waals surface area contributed by atoms with E-state index in [1.165, 1.54) is 0 Å². The Bertz CT molecular complexity index is 389. The number of anilines is 1. The smallest absolute Gasteiger partial charge is 0.306 e. The highest BCUT2D eigenvalue weighted by Crippen LogP contribution is 2.20. The standard InChI is InChI=1S/C16H25NO3/c1-3-4-9-19-10-11-20-16(18)12-13(2)14-5-7-15(17)8-6-14/h5-8,13H,3-4,9-12,17H2,1-2H3. The summed E-state index contributed by atoms with van der Waals surface area (Å²) in [5.74, 6) is -0.0578. The lowest BCUT2D eigenvalue weighted by atomic mass is 9.98. The van der Waals surface area contributed by atoms with E-state index in [-0.39, 0.29) is 11.9 Å². The SMILES string of the molecule is CCCCOCCOC(=O)CC(C)c1ccc(N)cc1. The van der Waals surface area contributed by atoms with E-state index in [0.29, 0.717) is 19.6 Å². The van der Waals surface area contributed by atoms with E-state index in [2.05, 4.69) is 6.92 Å². The number of esters is 1. The molecule has 0 fully saturated rings. The molecule has 1 atom stereocenters. The molecule has 1 rings (SSSR count). The molecule has 0 aliphatic heterocycles. The number of hydrogen-bond acceptors (Lipinski definition) is 4. The van der Waals surface area contributed by atoms with Crippen LogP contribution < -0.4 is 5.73 Å². The zero-order valence-electron chi connectivity index (χ0n) is 12.4. The van der Waals surface area contributed by atoms with Gasteiger partial charge in [0, 0.05) is 12.3 Å². The van der Waals surface area contributed by atoms with Gasteiger partial charge in [0.2, 0.25) is 0 Å². The number of nitrogen functional groups attached to an aromatic ring is 1. The van der Waals surface area contributed by atoms with Gasteiger partial charge in [-0.25, -0.2) is 0 Å². The van der Waals surface area contributed by atoms with E-state index < -0.39 is 0 Å². The molecule has 0 aliphatic rings. The number of hydrogen-bond donors (Lipinski definition) is 1. The normalized spacial score (nSPS) is 12.1. The molecule has 2 N–H and O–H groups in total. The van der Waals surface area contributed by atoms with Crippen LogP contribution in [0.4, 0.5) is 5.69 Å².